The largest absolute Gasteiger partial charge is 0.438 e. The normalized spacial score (nSPS) is 20.8. The van der Waals surface area contributed by atoms with Crippen LogP contribution >= 0.6 is 0 Å². The molecule has 1 amide bonds. The summed E-state index contributed by atoms with van der Waals surface area (Å²) in [6, 6.07) is 10.2. The molecule has 218 valence electrons. The second kappa shape index (κ2) is 12.0. The van der Waals surface area contributed by atoms with Crippen LogP contribution in [-0.2, 0) is 9.59 Å². The van der Waals surface area contributed by atoms with Gasteiger partial charge in [0, 0.05) is 41.3 Å². The van der Waals surface area contributed by atoms with Crippen molar-refractivity contribution in [3.8, 4) is 11.3 Å². The molecule has 1 aromatic carbocycles. The molecule has 1 aliphatic heterocycles. The highest BCUT2D eigenvalue weighted by atomic mass is 16.4. The van der Waals surface area contributed by atoms with Crippen molar-refractivity contribution in [3.63, 3.8) is 0 Å². The molecule has 0 bridgehead atoms. The number of aromatic nitrogens is 2. The van der Waals surface area contributed by atoms with Gasteiger partial charge in [-0.3, -0.25) is 14.6 Å². The van der Waals surface area contributed by atoms with Crippen LogP contribution in [0.2, 0.25) is 0 Å². The maximum absolute atomic E-state index is 13.5. The Morgan fingerprint density at radius 1 is 1.10 bits per heavy atom. The van der Waals surface area contributed by atoms with E-state index in [2.05, 4.69) is 46.4 Å². The van der Waals surface area contributed by atoms with Gasteiger partial charge in [0.2, 0.25) is 11.8 Å². The predicted molar refractivity (Wildman–Crippen MR) is 160 cm³/mol. The molecule has 1 spiro atoms. The molecule has 2 aliphatic carbocycles. The summed E-state index contributed by atoms with van der Waals surface area (Å²) in [4.78, 5) is 37.2. The molecule has 2 atom stereocenters. The average molecular weight is 557 g/mol. The minimum Gasteiger partial charge on any atom is -0.438 e. The number of oxazole rings is 1. The summed E-state index contributed by atoms with van der Waals surface area (Å²) in [5, 5.41) is 4.42. The lowest BCUT2D eigenvalue weighted by molar-refractivity contribution is -0.124. The number of benzene rings is 1. The molecule has 3 heterocycles. The quantitative estimate of drug-likeness (QED) is 0.229. The zero-order valence-corrected chi connectivity index (χ0v) is 24.7. The first kappa shape index (κ1) is 28.1. The molecular formula is C34H44N4O3. The van der Waals surface area contributed by atoms with Gasteiger partial charge in [-0.15, -0.1) is 0 Å². The number of hydrogen-bond acceptors (Lipinski definition) is 6. The third-order valence-corrected chi connectivity index (χ3v) is 9.78. The molecule has 3 aromatic rings. The van der Waals surface area contributed by atoms with Gasteiger partial charge in [-0.1, -0.05) is 32.8 Å². The fraction of sp³-hybridized carbons (Fsp3) is 0.588. The minimum absolute atomic E-state index is 0.0918. The number of piperidine rings is 1. The van der Waals surface area contributed by atoms with E-state index in [4.69, 9.17) is 9.40 Å². The minimum atomic E-state index is -0.269. The summed E-state index contributed by atoms with van der Waals surface area (Å²) in [5.74, 6) is 2.45. The van der Waals surface area contributed by atoms with Gasteiger partial charge in [0.1, 0.15) is 11.8 Å². The molecule has 3 aliphatic rings. The van der Waals surface area contributed by atoms with E-state index in [0.29, 0.717) is 36.2 Å². The zero-order valence-electron chi connectivity index (χ0n) is 24.7. The van der Waals surface area contributed by atoms with E-state index in [1.807, 2.05) is 13.0 Å². The van der Waals surface area contributed by atoms with Crippen LogP contribution in [0.1, 0.15) is 108 Å². The van der Waals surface area contributed by atoms with E-state index in [-0.39, 0.29) is 23.3 Å². The lowest BCUT2D eigenvalue weighted by Crippen LogP contribution is -2.37. The first-order chi connectivity index (χ1) is 20.0. The Bertz CT molecular complexity index is 1390. The van der Waals surface area contributed by atoms with Gasteiger partial charge in [0.05, 0.1) is 11.7 Å². The molecule has 3 fully saturated rings. The Morgan fingerprint density at radius 3 is 2.68 bits per heavy atom. The second-order valence-electron chi connectivity index (χ2n) is 12.6. The molecule has 7 nitrogen and oxygen atoms in total. The number of ketones is 1. The maximum Gasteiger partial charge on any atom is 0.224 e. The third kappa shape index (κ3) is 6.40. The second-order valence-corrected chi connectivity index (χ2v) is 12.6. The van der Waals surface area contributed by atoms with Crippen LogP contribution in [0.25, 0.3) is 22.2 Å². The number of carbonyl (C=O) groups is 2. The number of hydrogen-bond donors (Lipinski definition) is 1. The van der Waals surface area contributed by atoms with Crippen LogP contribution in [0, 0.1) is 11.3 Å². The van der Waals surface area contributed by atoms with Gasteiger partial charge in [0.15, 0.2) is 5.76 Å². The van der Waals surface area contributed by atoms with Gasteiger partial charge in [-0.25, -0.2) is 4.98 Å². The highest BCUT2D eigenvalue weighted by molar-refractivity contribution is 5.84. The fourth-order valence-corrected chi connectivity index (χ4v) is 6.62. The molecule has 0 unspecified atom stereocenters. The topological polar surface area (TPSA) is 88.3 Å². The van der Waals surface area contributed by atoms with E-state index >= 15 is 0 Å². The Kier molecular flexibility index (Phi) is 8.25. The number of nitrogens with zero attached hydrogens (tertiary/aromatic N) is 3. The van der Waals surface area contributed by atoms with E-state index in [1.54, 1.807) is 6.20 Å². The van der Waals surface area contributed by atoms with Crippen molar-refractivity contribution in [2.45, 2.75) is 96.4 Å². The van der Waals surface area contributed by atoms with Crippen LogP contribution in [0.5, 0.6) is 0 Å². The molecule has 2 aromatic heterocycles. The summed E-state index contributed by atoms with van der Waals surface area (Å²) in [6.07, 6.45) is 12.2. The van der Waals surface area contributed by atoms with Crippen molar-refractivity contribution >= 4 is 22.6 Å². The van der Waals surface area contributed by atoms with Crippen molar-refractivity contribution in [2.75, 3.05) is 19.6 Å². The monoisotopic (exact) mass is 556 g/mol. The molecule has 2 saturated carbocycles. The summed E-state index contributed by atoms with van der Waals surface area (Å²) >= 11 is 0. The maximum atomic E-state index is 13.5. The SMILES string of the molecule is CCC(=O)CCCCC[C@H](NC(=O)[C@H]1CC12CCN(CC)CC2)c1ncc(-c2ccc3nc(C4CC4)ccc3c2)o1. The van der Waals surface area contributed by atoms with E-state index in [9.17, 15) is 9.59 Å². The molecule has 1 N–H and O–H groups in total. The van der Waals surface area contributed by atoms with Crippen molar-refractivity contribution in [3.05, 3.63) is 48.1 Å². The fourth-order valence-electron chi connectivity index (χ4n) is 6.62. The Balaban J connectivity index is 1.14. The zero-order chi connectivity index (χ0) is 28.4. The number of carbonyl (C=O) groups excluding carboxylic acids is 2. The van der Waals surface area contributed by atoms with E-state index in [1.165, 1.54) is 18.5 Å². The average Bonchev–Trinajstić information content (AvgIpc) is 3.92. The van der Waals surface area contributed by atoms with Crippen LogP contribution in [0.15, 0.2) is 40.9 Å². The Labute approximate surface area is 243 Å². The van der Waals surface area contributed by atoms with Crippen LogP contribution in [-0.4, -0.2) is 46.2 Å². The third-order valence-electron chi connectivity index (χ3n) is 9.78. The van der Waals surface area contributed by atoms with Crippen LogP contribution in [0.3, 0.4) is 0 Å². The first-order valence-corrected chi connectivity index (χ1v) is 15.9. The van der Waals surface area contributed by atoms with Gasteiger partial charge >= 0.3 is 0 Å². The Morgan fingerprint density at radius 2 is 1.93 bits per heavy atom. The standard InChI is InChI=1S/C34H44N4O3/c1-3-26(39)8-6-5-7-9-30(37-32(40)27-21-34(27)16-18-38(4-2)19-17-34)33-35-22-31(41-33)25-13-15-29-24(20-25)12-14-28(36-29)23-10-11-23/h12-15,20,22-23,27,30H,3-11,16-19,21H2,1-2H3,(H,37,40)/t27-,30+/m1/s1. The van der Waals surface area contributed by atoms with Crippen molar-refractivity contribution in [1.29, 1.82) is 0 Å². The molecule has 1 saturated heterocycles. The molecule has 0 radical (unpaired) electrons. The number of fused-ring (bicyclic) bond motifs is 1. The number of nitrogens with one attached hydrogen (secondary N) is 1. The lowest BCUT2D eigenvalue weighted by Gasteiger charge is -2.32. The predicted octanol–water partition coefficient (Wildman–Crippen LogP) is 6.98. The van der Waals surface area contributed by atoms with Crippen molar-refractivity contribution < 1.29 is 14.0 Å². The van der Waals surface area contributed by atoms with Crippen LogP contribution in [0.4, 0.5) is 0 Å². The van der Waals surface area contributed by atoms with Gasteiger partial charge in [0.25, 0.3) is 0 Å². The highest BCUT2D eigenvalue weighted by Gasteiger charge is 2.58. The van der Waals surface area contributed by atoms with Crippen LogP contribution < -0.4 is 5.32 Å². The van der Waals surface area contributed by atoms with Gasteiger partial charge < -0.3 is 14.6 Å². The number of Topliss-reactive ketones (excluding diaryl/α,β-unsaturated/α-hetero) is 1. The number of likely N-dealkylation sites (tertiary alicyclic amines) is 1. The van der Waals surface area contributed by atoms with E-state index in [0.717, 1.165) is 81.0 Å². The number of unbranched alkanes of at least 4 members (excludes halogenated alkanes) is 2. The van der Waals surface area contributed by atoms with Gasteiger partial charge in [-0.05, 0) is 94.3 Å². The summed E-state index contributed by atoms with van der Waals surface area (Å²) in [7, 11) is 0. The summed E-state index contributed by atoms with van der Waals surface area (Å²) in [6.45, 7) is 7.39. The molecule has 6 rings (SSSR count). The Hall–Kier alpha value is -3.06. The number of amides is 1. The molecular weight excluding hydrogens is 512 g/mol. The molecule has 7 heteroatoms. The number of rotatable bonds is 13. The van der Waals surface area contributed by atoms with E-state index < -0.39 is 0 Å². The lowest BCUT2D eigenvalue weighted by atomic mass is 9.90. The van der Waals surface area contributed by atoms with Crippen molar-refractivity contribution in [2.24, 2.45) is 11.3 Å². The smallest absolute Gasteiger partial charge is 0.224 e. The van der Waals surface area contributed by atoms with Crippen molar-refractivity contribution in [1.82, 2.24) is 20.2 Å². The summed E-state index contributed by atoms with van der Waals surface area (Å²) in [5.41, 5.74) is 3.34. The summed E-state index contributed by atoms with van der Waals surface area (Å²) < 4.78 is 6.32. The number of pyridine rings is 1. The first-order valence-electron chi connectivity index (χ1n) is 15.9. The van der Waals surface area contributed by atoms with Gasteiger partial charge in [-0.2, -0.15) is 0 Å². The highest BCUT2D eigenvalue weighted by Crippen LogP contribution is 2.59. The molecule has 41 heavy (non-hydrogen) atoms.